The van der Waals surface area contributed by atoms with Crippen LogP contribution in [-0.2, 0) is 16.0 Å². The Bertz CT molecular complexity index is 1080. The van der Waals surface area contributed by atoms with Crippen LogP contribution in [0.1, 0.15) is 37.2 Å². The van der Waals surface area contributed by atoms with Crippen molar-refractivity contribution in [2.75, 3.05) is 50.1 Å². The van der Waals surface area contributed by atoms with Gasteiger partial charge in [0.25, 0.3) is 6.43 Å². The number of alkyl halides is 2. The Balaban J connectivity index is 1.51. The van der Waals surface area contributed by atoms with Crippen molar-refractivity contribution in [3.05, 3.63) is 41.2 Å². The van der Waals surface area contributed by atoms with Gasteiger partial charge >= 0.3 is 0 Å². The van der Waals surface area contributed by atoms with Crippen LogP contribution in [0.15, 0.2) is 18.2 Å². The second-order valence-electron chi connectivity index (χ2n) is 8.82. The molecule has 8 nitrogen and oxygen atoms in total. The summed E-state index contributed by atoms with van der Waals surface area (Å²) in [6, 6.07) is 2.80. The van der Waals surface area contributed by atoms with E-state index in [1.165, 1.54) is 13.2 Å². The maximum atomic E-state index is 14.0. The molecule has 0 aliphatic carbocycles. The van der Waals surface area contributed by atoms with E-state index in [0.717, 1.165) is 12.1 Å². The van der Waals surface area contributed by atoms with Crippen LogP contribution in [0.3, 0.4) is 0 Å². The molecule has 36 heavy (non-hydrogen) atoms. The quantitative estimate of drug-likeness (QED) is 0.543. The molecule has 1 N–H and O–H groups in total. The lowest BCUT2D eigenvalue weighted by Crippen LogP contribution is -2.43. The highest BCUT2D eigenvalue weighted by Gasteiger charge is 2.33. The number of nitrogens with one attached hydrogen (secondary N) is 1. The number of hydrogen-bond donors (Lipinski definition) is 1. The number of amides is 1. The fourth-order valence-electron chi connectivity index (χ4n) is 4.55. The monoisotopic (exact) mass is 511 g/mol. The molecule has 1 unspecified atom stereocenters. The van der Waals surface area contributed by atoms with Crippen molar-refractivity contribution in [2.45, 2.75) is 44.8 Å². The number of benzene rings is 1. The molecule has 0 radical (unpaired) electrons. The Kier molecular flexibility index (Phi) is 8.12. The molecule has 1 saturated heterocycles. The number of rotatable bonds is 8. The maximum absolute atomic E-state index is 14.0. The van der Waals surface area contributed by atoms with Gasteiger partial charge in [-0.3, -0.25) is 4.79 Å². The van der Waals surface area contributed by atoms with Crippen molar-refractivity contribution in [3.8, 4) is 5.75 Å². The largest absolute Gasteiger partial charge is 0.487 e. The Hall–Kier alpha value is -3.15. The van der Waals surface area contributed by atoms with E-state index in [2.05, 4.69) is 10.3 Å². The number of aromatic nitrogens is 2. The molecule has 0 spiro atoms. The molecule has 2 aliphatic heterocycles. The van der Waals surface area contributed by atoms with Crippen molar-refractivity contribution in [3.63, 3.8) is 0 Å². The molecule has 2 aliphatic rings. The summed E-state index contributed by atoms with van der Waals surface area (Å²) < 4.78 is 63.9. The van der Waals surface area contributed by atoms with Crippen LogP contribution in [0, 0.1) is 11.6 Å². The number of carbonyl (C=O) groups excluding carboxylic acids is 1. The molecule has 3 heterocycles. The Morgan fingerprint density at radius 2 is 1.94 bits per heavy atom. The third-order valence-corrected chi connectivity index (χ3v) is 6.37. The van der Waals surface area contributed by atoms with Gasteiger partial charge in [0.15, 0.2) is 23.2 Å². The van der Waals surface area contributed by atoms with Gasteiger partial charge in [0.05, 0.1) is 24.0 Å². The SMILES string of the molecule is COCC(=O)N1CCc2nc(N3CCC(Oc4ccc(F)cc4F)CC3)c(NCC(F)F)nc2C1C. The summed E-state index contributed by atoms with van der Waals surface area (Å²) in [6.45, 7) is 2.60. The summed E-state index contributed by atoms with van der Waals surface area (Å²) in [7, 11) is 1.45. The zero-order valence-electron chi connectivity index (χ0n) is 20.1. The molecule has 1 aromatic carbocycles. The molecule has 12 heteroatoms. The highest BCUT2D eigenvalue weighted by Crippen LogP contribution is 2.34. The molecule has 196 valence electrons. The van der Waals surface area contributed by atoms with Gasteiger partial charge in [0, 0.05) is 52.1 Å². The van der Waals surface area contributed by atoms with Crippen LogP contribution in [0.2, 0.25) is 0 Å². The first-order valence-corrected chi connectivity index (χ1v) is 11.8. The topological polar surface area (TPSA) is 79.8 Å². The Labute approximate surface area is 206 Å². The second-order valence-corrected chi connectivity index (χ2v) is 8.82. The van der Waals surface area contributed by atoms with E-state index in [-0.39, 0.29) is 36.2 Å². The number of halogens is 4. The minimum Gasteiger partial charge on any atom is -0.487 e. The lowest BCUT2D eigenvalue weighted by atomic mass is 10.0. The van der Waals surface area contributed by atoms with Crippen molar-refractivity contribution >= 4 is 17.5 Å². The molecule has 2 aromatic rings. The number of methoxy groups -OCH3 is 1. The highest BCUT2D eigenvalue weighted by atomic mass is 19.3. The van der Waals surface area contributed by atoms with E-state index >= 15 is 0 Å². The Morgan fingerprint density at radius 3 is 2.61 bits per heavy atom. The third-order valence-electron chi connectivity index (χ3n) is 6.37. The van der Waals surface area contributed by atoms with Crippen molar-refractivity contribution < 1.29 is 31.8 Å². The van der Waals surface area contributed by atoms with Gasteiger partial charge in [-0.15, -0.1) is 0 Å². The zero-order valence-corrected chi connectivity index (χ0v) is 20.1. The average Bonchev–Trinajstić information content (AvgIpc) is 2.85. The number of nitrogens with zero attached hydrogens (tertiary/aromatic N) is 4. The smallest absolute Gasteiger partial charge is 0.255 e. The number of carbonyl (C=O) groups is 1. The predicted octanol–water partition coefficient (Wildman–Crippen LogP) is 3.57. The first-order chi connectivity index (χ1) is 17.3. The third kappa shape index (κ3) is 5.80. The molecule has 1 amide bonds. The summed E-state index contributed by atoms with van der Waals surface area (Å²) in [5.41, 5.74) is 1.28. The molecule has 1 fully saturated rings. The van der Waals surface area contributed by atoms with Gasteiger partial charge in [-0.1, -0.05) is 0 Å². The van der Waals surface area contributed by atoms with E-state index in [4.69, 9.17) is 14.5 Å². The minimum absolute atomic E-state index is 0.00993. The Morgan fingerprint density at radius 1 is 1.19 bits per heavy atom. The molecule has 1 atom stereocenters. The molecule has 4 rings (SSSR count). The van der Waals surface area contributed by atoms with Gasteiger partial charge in [-0.25, -0.2) is 27.5 Å². The van der Waals surface area contributed by atoms with Crippen LogP contribution in [0.25, 0.3) is 0 Å². The molecule has 1 aromatic heterocycles. The number of ether oxygens (including phenoxy) is 2. The summed E-state index contributed by atoms with van der Waals surface area (Å²) in [5.74, 6) is -0.934. The van der Waals surface area contributed by atoms with E-state index in [9.17, 15) is 22.4 Å². The van der Waals surface area contributed by atoms with Crippen LogP contribution in [0.4, 0.5) is 29.2 Å². The predicted molar refractivity (Wildman–Crippen MR) is 124 cm³/mol. The number of piperidine rings is 1. The van der Waals surface area contributed by atoms with Crippen molar-refractivity contribution in [1.29, 1.82) is 0 Å². The second kappa shape index (κ2) is 11.3. The lowest BCUT2D eigenvalue weighted by molar-refractivity contribution is -0.137. The van der Waals surface area contributed by atoms with Crippen LogP contribution in [0.5, 0.6) is 5.75 Å². The normalized spacial score (nSPS) is 18.4. The van der Waals surface area contributed by atoms with E-state index in [0.29, 0.717) is 56.1 Å². The van der Waals surface area contributed by atoms with Crippen LogP contribution >= 0.6 is 0 Å². The average molecular weight is 512 g/mol. The lowest BCUT2D eigenvalue weighted by Gasteiger charge is -2.37. The highest BCUT2D eigenvalue weighted by molar-refractivity contribution is 5.78. The summed E-state index contributed by atoms with van der Waals surface area (Å²) in [6.07, 6.45) is -1.34. The number of hydrogen-bond acceptors (Lipinski definition) is 7. The van der Waals surface area contributed by atoms with Crippen molar-refractivity contribution in [2.24, 2.45) is 0 Å². The summed E-state index contributed by atoms with van der Waals surface area (Å²) in [5, 5.41) is 2.70. The maximum Gasteiger partial charge on any atom is 0.255 e. The molecular weight excluding hydrogens is 482 g/mol. The summed E-state index contributed by atoms with van der Waals surface area (Å²) in [4.78, 5) is 25.4. The van der Waals surface area contributed by atoms with Crippen LogP contribution < -0.4 is 15.0 Å². The fraction of sp³-hybridized carbons (Fsp3) is 0.542. The van der Waals surface area contributed by atoms with Crippen LogP contribution in [-0.4, -0.2) is 73.2 Å². The molecular formula is C24H29F4N5O3. The van der Waals surface area contributed by atoms with Crippen molar-refractivity contribution in [1.82, 2.24) is 14.9 Å². The van der Waals surface area contributed by atoms with Gasteiger partial charge in [-0.05, 0) is 19.1 Å². The standard InChI is InChI=1S/C24H29F4N5O3/c1-14-22-18(7-10-33(14)21(34)13-35-2)30-24(23(31-22)29-12-20(27)28)32-8-5-16(6-9-32)36-19-4-3-15(25)11-17(19)26/h3-4,11,14,16,20H,5-10,12-13H2,1-2H3,(H,29,31). The van der Waals surface area contributed by atoms with E-state index < -0.39 is 24.6 Å². The fourth-order valence-corrected chi connectivity index (χ4v) is 4.55. The van der Waals surface area contributed by atoms with E-state index in [1.807, 2.05) is 11.8 Å². The van der Waals surface area contributed by atoms with Gasteiger partial charge in [0.2, 0.25) is 5.91 Å². The number of anilines is 2. The first-order valence-electron chi connectivity index (χ1n) is 11.8. The van der Waals surface area contributed by atoms with E-state index in [1.54, 1.807) is 4.90 Å². The van der Waals surface area contributed by atoms with Gasteiger partial charge in [0.1, 0.15) is 18.5 Å². The minimum atomic E-state index is -2.59. The molecule has 0 bridgehead atoms. The number of fused-ring (bicyclic) bond motifs is 1. The van der Waals surface area contributed by atoms with Gasteiger partial charge < -0.3 is 24.6 Å². The van der Waals surface area contributed by atoms with Gasteiger partial charge in [-0.2, -0.15) is 0 Å². The zero-order chi connectivity index (χ0) is 25.8. The summed E-state index contributed by atoms with van der Waals surface area (Å²) >= 11 is 0. The first kappa shape index (κ1) is 25.9. The molecule has 0 saturated carbocycles.